The van der Waals surface area contributed by atoms with Gasteiger partial charge in [-0.1, -0.05) is 11.6 Å². The molecule has 0 bridgehead atoms. The fraction of sp³-hybridized carbons (Fsp3) is 0.0588. The van der Waals surface area contributed by atoms with Crippen molar-refractivity contribution in [1.82, 2.24) is 15.0 Å². The number of halogens is 4. The second-order valence-electron chi connectivity index (χ2n) is 5.35. The zero-order valence-electron chi connectivity index (χ0n) is 14.0. The van der Waals surface area contributed by atoms with E-state index < -0.39 is 6.36 Å². The van der Waals surface area contributed by atoms with Gasteiger partial charge in [0, 0.05) is 23.5 Å². The monoisotopic (exact) mass is 408 g/mol. The Morgan fingerprint density at radius 3 is 2.43 bits per heavy atom. The van der Waals surface area contributed by atoms with Crippen LogP contribution in [0.3, 0.4) is 0 Å². The number of hydrazone groups is 1. The van der Waals surface area contributed by atoms with E-state index in [-0.39, 0.29) is 17.5 Å². The number of aromatic nitrogens is 3. The number of anilines is 2. The number of nitrogen functional groups attached to an aromatic ring is 1. The Labute approximate surface area is 162 Å². The van der Waals surface area contributed by atoms with E-state index in [2.05, 4.69) is 30.2 Å². The summed E-state index contributed by atoms with van der Waals surface area (Å²) in [6.07, 6.45) is -0.292. The van der Waals surface area contributed by atoms with Crippen molar-refractivity contribution < 1.29 is 17.9 Å². The summed E-state index contributed by atoms with van der Waals surface area (Å²) in [7, 11) is 0. The molecule has 2 aromatic heterocycles. The van der Waals surface area contributed by atoms with Crippen LogP contribution in [0.5, 0.6) is 5.75 Å². The predicted octanol–water partition coefficient (Wildman–Crippen LogP) is 4.12. The van der Waals surface area contributed by atoms with Gasteiger partial charge >= 0.3 is 6.36 Å². The van der Waals surface area contributed by atoms with Crippen LogP contribution >= 0.6 is 11.6 Å². The second-order valence-corrected chi connectivity index (χ2v) is 5.74. The van der Waals surface area contributed by atoms with E-state index in [4.69, 9.17) is 17.3 Å². The van der Waals surface area contributed by atoms with Crippen molar-refractivity contribution in [2.75, 3.05) is 11.2 Å². The lowest BCUT2D eigenvalue weighted by atomic mass is 10.1. The van der Waals surface area contributed by atoms with Crippen molar-refractivity contribution in [3.05, 3.63) is 59.5 Å². The van der Waals surface area contributed by atoms with E-state index in [9.17, 15) is 13.2 Å². The molecule has 0 saturated carbocycles. The van der Waals surface area contributed by atoms with Crippen molar-refractivity contribution in [3.63, 3.8) is 0 Å². The van der Waals surface area contributed by atoms with Crippen LogP contribution in [0.4, 0.5) is 24.9 Å². The summed E-state index contributed by atoms with van der Waals surface area (Å²) in [6.45, 7) is 0. The van der Waals surface area contributed by atoms with Gasteiger partial charge in [-0.05, 0) is 42.0 Å². The minimum atomic E-state index is -4.73. The lowest BCUT2D eigenvalue weighted by molar-refractivity contribution is -0.274. The molecule has 0 aliphatic heterocycles. The molecule has 0 atom stereocenters. The van der Waals surface area contributed by atoms with E-state index in [0.717, 1.165) is 0 Å². The van der Waals surface area contributed by atoms with Crippen LogP contribution in [0.1, 0.15) is 5.56 Å². The van der Waals surface area contributed by atoms with Crippen LogP contribution in [-0.2, 0) is 0 Å². The minimum Gasteiger partial charge on any atom is -0.406 e. The molecule has 3 N–H and O–H groups in total. The molecule has 3 rings (SSSR count). The standard InChI is InChI=1S/C17H12ClF3N6O/c18-14-6-3-11(8-23-14)13-9-24-16(26-15(13)22)27-25-7-10-1-4-12(5-2-10)28-17(19,20)21/h1-9H,(H3,22,24,26,27). The van der Waals surface area contributed by atoms with Crippen LogP contribution in [0.25, 0.3) is 11.1 Å². The van der Waals surface area contributed by atoms with E-state index >= 15 is 0 Å². The largest absolute Gasteiger partial charge is 0.573 e. The fourth-order valence-electron chi connectivity index (χ4n) is 2.13. The van der Waals surface area contributed by atoms with E-state index in [1.807, 2.05) is 0 Å². The summed E-state index contributed by atoms with van der Waals surface area (Å²) in [5, 5.41) is 4.28. The third-order valence-corrected chi connectivity index (χ3v) is 3.57. The van der Waals surface area contributed by atoms with E-state index in [0.29, 0.717) is 21.8 Å². The number of nitrogens with zero attached hydrogens (tertiary/aromatic N) is 4. The van der Waals surface area contributed by atoms with Gasteiger partial charge in [-0.2, -0.15) is 10.1 Å². The number of hydrogen-bond acceptors (Lipinski definition) is 7. The molecule has 2 heterocycles. The number of pyridine rings is 1. The molecule has 11 heteroatoms. The predicted molar refractivity (Wildman–Crippen MR) is 99.0 cm³/mol. The Morgan fingerprint density at radius 1 is 1.07 bits per heavy atom. The van der Waals surface area contributed by atoms with Gasteiger partial charge in [-0.3, -0.25) is 0 Å². The molecule has 1 aromatic carbocycles. The first kappa shape index (κ1) is 19.4. The molecule has 144 valence electrons. The summed E-state index contributed by atoms with van der Waals surface area (Å²) < 4.78 is 40.2. The fourth-order valence-corrected chi connectivity index (χ4v) is 2.24. The third-order valence-electron chi connectivity index (χ3n) is 3.35. The zero-order valence-corrected chi connectivity index (χ0v) is 14.7. The molecule has 0 aliphatic rings. The quantitative estimate of drug-likeness (QED) is 0.374. The van der Waals surface area contributed by atoms with E-state index in [1.54, 1.807) is 18.3 Å². The maximum absolute atomic E-state index is 12.1. The molecule has 0 radical (unpaired) electrons. The van der Waals surface area contributed by atoms with Crippen molar-refractivity contribution >= 4 is 29.6 Å². The average Bonchev–Trinajstić information content (AvgIpc) is 2.63. The summed E-state index contributed by atoms with van der Waals surface area (Å²) in [5.74, 6) is 0.0444. The SMILES string of the molecule is Nc1nc(NN=Cc2ccc(OC(F)(F)F)cc2)ncc1-c1ccc(Cl)nc1. The number of rotatable bonds is 5. The third kappa shape index (κ3) is 5.30. The zero-order chi connectivity index (χ0) is 20.1. The number of benzene rings is 1. The summed E-state index contributed by atoms with van der Waals surface area (Å²) in [6, 6.07) is 8.55. The Hall–Kier alpha value is -3.40. The molecule has 0 fully saturated rings. The first-order valence-electron chi connectivity index (χ1n) is 7.69. The van der Waals surface area contributed by atoms with Gasteiger partial charge in [-0.15, -0.1) is 13.2 Å². The highest BCUT2D eigenvalue weighted by Crippen LogP contribution is 2.25. The molecule has 0 unspecified atom stereocenters. The summed E-state index contributed by atoms with van der Waals surface area (Å²) in [5.41, 5.74) is 10.4. The normalized spacial score (nSPS) is 11.6. The van der Waals surface area contributed by atoms with Crippen LogP contribution in [-0.4, -0.2) is 27.5 Å². The van der Waals surface area contributed by atoms with Crippen molar-refractivity contribution in [1.29, 1.82) is 0 Å². The molecule has 0 spiro atoms. The molecule has 0 aliphatic carbocycles. The Morgan fingerprint density at radius 2 is 1.82 bits per heavy atom. The van der Waals surface area contributed by atoms with Crippen molar-refractivity contribution in [2.45, 2.75) is 6.36 Å². The first-order valence-corrected chi connectivity index (χ1v) is 8.07. The summed E-state index contributed by atoms with van der Waals surface area (Å²) >= 11 is 5.75. The molecule has 7 nitrogen and oxygen atoms in total. The highest BCUT2D eigenvalue weighted by atomic mass is 35.5. The smallest absolute Gasteiger partial charge is 0.406 e. The maximum atomic E-state index is 12.1. The van der Waals surface area contributed by atoms with Gasteiger partial charge in [0.05, 0.1) is 6.21 Å². The molecule has 28 heavy (non-hydrogen) atoms. The number of alkyl halides is 3. The molecule has 0 saturated heterocycles. The molecular formula is C17H12ClF3N6O. The van der Waals surface area contributed by atoms with Gasteiger partial charge in [0.15, 0.2) is 0 Å². The first-order chi connectivity index (χ1) is 13.3. The van der Waals surface area contributed by atoms with E-state index in [1.165, 1.54) is 36.7 Å². The van der Waals surface area contributed by atoms with Gasteiger partial charge < -0.3 is 10.5 Å². The average molecular weight is 409 g/mol. The Kier molecular flexibility index (Phi) is 5.59. The van der Waals surface area contributed by atoms with Gasteiger partial charge in [0.2, 0.25) is 5.95 Å². The van der Waals surface area contributed by atoms with Crippen LogP contribution in [0.15, 0.2) is 53.9 Å². The molecule has 0 amide bonds. The van der Waals surface area contributed by atoms with Crippen molar-refractivity contribution in [2.24, 2.45) is 5.10 Å². The van der Waals surface area contributed by atoms with Gasteiger partial charge in [0.25, 0.3) is 0 Å². The highest BCUT2D eigenvalue weighted by Gasteiger charge is 2.30. The lowest BCUT2D eigenvalue weighted by Gasteiger charge is -2.08. The van der Waals surface area contributed by atoms with Crippen molar-refractivity contribution in [3.8, 4) is 16.9 Å². The summed E-state index contributed by atoms with van der Waals surface area (Å²) in [4.78, 5) is 12.2. The number of ether oxygens (including phenoxy) is 1. The van der Waals surface area contributed by atoms with Crippen LogP contribution < -0.4 is 15.9 Å². The topological polar surface area (TPSA) is 98.3 Å². The van der Waals surface area contributed by atoms with Gasteiger partial charge in [-0.25, -0.2) is 15.4 Å². The number of nitrogens with two attached hydrogens (primary N) is 1. The van der Waals surface area contributed by atoms with Gasteiger partial charge in [0.1, 0.15) is 16.7 Å². The molecule has 3 aromatic rings. The second kappa shape index (κ2) is 8.09. The lowest BCUT2D eigenvalue weighted by Crippen LogP contribution is -2.17. The maximum Gasteiger partial charge on any atom is 0.573 e. The number of hydrogen-bond donors (Lipinski definition) is 2. The Balaban J connectivity index is 1.64. The minimum absolute atomic E-state index is 0.149. The number of nitrogens with one attached hydrogen (secondary N) is 1. The van der Waals surface area contributed by atoms with Crippen LogP contribution in [0.2, 0.25) is 5.15 Å². The van der Waals surface area contributed by atoms with Crippen LogP contribution in [0, 0.1) is 0 Å². The molecular weight excluding hydrogens is 397 g/mol. The highest BCUT2D eigenvalue weighted by molar-refractivity contribution is 6.29. The Bertz CT molecular complexity index is 978.